The van der Waals surface area contributed by atoms with Crippen molar-refractivity contribution < 1.29 is 4.79 Å². The number of carbonyl (C=O) groups is 1. The van der Waals surface area contributed by atoms with E-state index in [4.69, 9.17) is 0 Å². The molecule has 0 N–H and O–H groups in total. The summed E-state index contributed by atoms with van der Waals surface area (Å²) in [7, 11) is 8.07. The fourth-order valence-electron chi connectivity index (χ4n) is 3.53. The van der Waals surface area contributed by atoms with Crippen molar-refractivity contribution >= 4 is 61.2 Å². The Balaban J connectivity index is 1.87. The Morgan fingerprint density at radius 2 is 1.17 bits per heavy atom. The molecule has 0 aromatic heterocycles. The van der Waals surface area contributed by atoms with Crippen LogP contribution in [0.4, 0.5) is 11.4 Å². The summed E-state index contributed by atoms with van der Waals surface area (Å²) in [6.07, 6.45) is 6.71. The van der Waals surface area contributed by atoms with Crippen LogP contribution in [0.5, 0.6) is 0 Å². The highest BCUT2D eigenvalue weighted by molar-refractivity contribution is 9.11. The SMILES string of the molecule is CN(C)c1ccc(/C=C2/CCC/C(=C\c3ccc(N(C)C)c(Br)c3)C2=O)cc1Br. The van der Waals surface area contributed by atoms with Crippen LogP contribution in [0.2, 0.25) is 0 Å². The van der Waals surface area contributed by atoms with Crippen molar-refractivity contribution in [1.82, 2.24) is 0 Å². The van der Waals surface area contributed by atoms with Crippen LogP contribution in [0, 0.1) is 0 Å². The Labute approximate surface area is 190 Å². The van der Waals surface area contributed by atoms with Crippen molar-refractivity contribution in [2.24, 2.45) is 0 Å². The van der Waals surface area contributed by atoms with Gasteiger partial charge in [-0.3, -0.25) is 4.79 Å². The Morgan fingerprint density at radius 3 is 1.52 bits per heavy atom. The normalized spacial score (nSPS) is 17.1. The van der Waals surface area contributed by atoms with E-state index in [2.05, 4.69) is 78.1 Å². The van der Waals surface area contributed by atoms with Crippen molar-refractivity contribution in [1.29, 1.82) is 0 Å². The predicted octanol–water partition coefficient (Wildman–Crippen LogP) is 6.56. The molecular formula is C24H26Br2N2O. The summed E-state index contributed by atoms with van der Waals surface area (Å²) in [5.74, 6) is 0.164. The highest BCUT2D eigenvalue weighted by Gasteiger charge is 2.20. The third-order valence-electron chi connectivity index (χ3n) is 5.06. The van der Waals surface area contributed by atoms with Crippen LogP contribution >= 0.6 is 31.9 Å². The number of benzene rings is 2. The highest BCUT2D eigenvalue weighted by Crippen LogP contribution is 2.32. The zero-order chi connectivity index (χ0) is 21.1. The molecule has 0 amide bonds. The Kier molecular flexibility index (Phi) is 7.01. The molecule has 0 unspecified atom stereocenters. The summed E-state index contributed by atoms with van der Waals surface area (Å²) in [5.41, 5.74) is 6.10. The Morgan fingerprint density at radius 1 is 0.759 bits per heavy atom. The van der Waals surface area contributed by atoms with Gasteiger partial charge in [0.15, 0.2) is 5.78 Å². The summed E-state index contributed by atoms with van der Waals surface area (Å²) in [5, 5.41) is 0. The zero-order valence-electron chi connectivity index (χ0n) is 17.3. The number of hydrogen-bond donors (Lipinski definition) is 0. The largest absolute Gasteiger partial charge is 0.377 e. The van der Waals surface area contributed by atoms with Gasteiger partial charge in [-0.15, -0.1) is 0 Å². The second-order valence-corrected chi connectivity index (χ2v) is 9.44. The van der Waals surface area contributed by atoms with E-state index in [0.717, 1.165) is 61.9 Å². The van der Waals surface area contributed by atoms with E-state index < -0.39 is 0 Å². The third kappa shape index (κ3) is 5.20. The van der Waals surface area contributed by atoms with Gasteiger partial charge in [-0.05, 0) is 98.7 Å². The number of nitrogens with zero attached hydrogens (tertiary/aromatic N) is 2. The van der Waals surface area contributed by atoms with Gasteiger partial charge in [0, 0.05) is 48.3 Å². The molecule has 1 saturated carbocycles. The molecule has 1 aliphatic carbocycles. The summed E-state index contributed by atoms with van der Waals surface area (Å²) in [6.45, 7) is 0. The summed E-state index contributed by atoms with van der Waals surface area (Å²) in [4.78, 5) is 17.2. The first-order valence-electron chi connectivity index (χ1n) is 9.66. The van der Waals surface area contributed by atoms with Crippen LogP contribution in [0.15, 0.2) is 56.5 Å². The highest BCUT2D eigenvalue weighted by atomic mass is 79.9. The second kappa shape index (κ2) is 9.31. The molecule has 5 heteroatoms. The van der Waals surface area contributed by atoms with Crippen LogP contribution < -0.4 is 9.80 Å². The molecule has 0 saturated heterocycles. The molecule has 0 atom stereocenters. The monoisotopic (exact) mass is 516 g/mol. The van der Waals surface area contributed by atoms with Gasteiger partial charge in [-0.1, -0.05) is 12.1 Å². The van der Waals surface area contributed by atoms with Gasteiger partial charge in [0.25, 0.3) is 0 Å². The maximum Gasteiger partial charge on any atom is 0.185 e. The third-order valence-corrected chi connectivity index (χ3v) is 6.33. The van der Waals surface area contributed by atoms with Crippen molar-refractivity contribution in [3.05, 3.63) is 67.6 Å². The molecule has 1 aliphatic rings. The molecule has 0 aliphatic heterocycles. The first kappa shape index (κ1) is 21.8. The lowest BCUT2D eigenvalue weighted by atomic mass is 9.87. The number of carbonyl (C=O) groups excluding carboxylic acids is 1. The first-order chi connectivity index (χ1) is 13.8. The van der Waals surface area contributed by atoms with Crippen LogP contribution in [0.25, 0.3) is 12.2 Å². The lowest BCUT2D eigenvalue weighted by molar-refractivity contribution is -0.112. The smallest absolute Gasteiger partial charge is 0.185 e. The van der Waals surface area contributed by atoms with Gasteiger partial charge < -0.3 is 9.80 Å². The molecule has 0 bridgehead atoms. The molecule has 3 rings (SSSR count). The molecule has 2 aromatic rings. The second-order valence-electron chi connectivity index (χ2n) is 7.73. The minimum Gasteiger partial charge on any atom is -0.377 e. The standard InChI is InChI=1S/C24H26Br2N2O/c1-27(2)22-10-8-16(14-20(22)25)12-18-6-5-7-19(24(18)29)13-17-9-11-23(28(3)4)21(26)15-17/h8-15H,5-7H2,1-4H3/b18-12-,19-13+. The van der Waals surface area contributed by atoms with Crippen molar-refractivity contribution in [2.45, 2.75) is 19.3 Å². The lowest BCUT2D eigenvalue weighted by Gasteiger charge is -2.18. The minimum absolute atomic E-state index is 0.164. The molecule has 2 aromatic carbocycles. The molecule has 1 fully saturated rings. The Bertz CT molecular complexity index is 913. The molecule has 0 spiro atoms. The number of ketones is 1. The van der Waals surface area contributed by atoms with E-state index in [0.29, 0.717) is 0 Å². The van der Waals surface area contributed by atoms with Gasteiger partial charge in [-0.2, -0.15) is 0 Å². The molecular weight excluding hydrogens is 492 g/mol. The van der Waals surface area contributed by atoms with Gasteiger partial charge >= 0.3 is 0 Å². The molecule has 29 heavy (non-hydrogen) atoms. The van der Waals surface area contributed by atoms with Gasteiger partial charge in [0.2, 0.25) is 0 Å². The van der Waals surface area contributed by atoms with Crippen molar-refractivity contribution in [3.8, 4) is 0 Å². The number of allylic oxidation sites excluding steroid dienone is 2. The van der Waals surface area contributed by atoms with Gasteiger partial charge in [0.05, 0.1) is 11.4 Å². The number of Topliss-reactive ketones (excluding diaryl/α,β-unsaturated/α-hetero) is 1. The average molecular weight is 518 g/mol. The van der Waals surface area contributed by atoms with Crippen LogP contribution in [-0.2, 0) is 4.79 Å². The van der Waals surface area contributed by atoms with E-state index in [-0.39, 0.29) is 5.78 Å². The molecule has 0 radical (unpaired) electrons. The van der Waals surface area contributed by atoms with Gasteiger partial charge in [0.1, 0.15) is 0 Å². The minimum atomic E-state index is 0.164. The number of hydrogen-bond acceptors (Lipinski definition) is 3. The van der Waals surface area contributed by atoms with Crippen molar-refractivity contribution in [3.63, 3.8) is 0 Å². The van der Waals surface area contributed by atoms with Gasteiger partial charge in [-0.25, -0.2) is 0 Å². The molecule has 152 valence electrons. The van der Waals surface area contributed by atoms with Crippen LogP contribution in [-0.4, -0.2) is 34.0 Å². The van der Waals surface area contributed by atoms with Crippen molar-refractivity contribution in [2.75, 3.05) is 38.0 Å². The zero-order valence-corrected chi connectivity index (χ0v) is 20.5. The number of rotatable bonds is 4. The molecule has 0 heterocycles. The van der Waals surface area contributed by atoms with Crippen LogP contribution in [0.1, 0.15) is 30.4 Å². The molecule has 3 nitrogen and oxygen atoms in total. The maximum absolute atomic E-state index is 13.1. The van der Waals surface area contributed by atoms with Crippen LogP contribution in [0.3, 0.4) is 0 Å². The lowest BCUT2D eigenvalue weighted by Crippen LogP contribution is -2.12. The van der Waals surface area contributed by atoms with E-state index >= 15 is 0 Å². The topological polar surface area (TPSA) is 23.6 Å². The first-order valence-corrected chi connectivity index (χ1v) is 11.2. The Hall–Kier alpha value is -1.85. The van der Waals surface area contributed by atoms with E-state index in [1.54, 1.807) is 0 Å². The summed E-state index contributed by atoms with van der Waals surface area (Å²) < 4.78 is 2.06. The fraction of sp³-hybridized carbons (Fsp3) is 0.292. The summed E-state index contributed by atoms with van der Waals surface area (Å²) in [6, 6.07) is 12.4. The van der Waals surface area contributed by atoms with E-state index in [9.17, 15) is 4.79 Å². The predicted molar refractivity (Wildman–Crippen MR) is 132 cm³/mol. The van der Waals surface area contributed by atoms with E-state index in [1.807, 2.05) is 40.3 Å². The number of halogens is 2. The van der Waals surface area contributed by atoms with E-state index in [1.165, 1.54) is 0 Å². The average Bonchev–Trinajstić information content (AvgIpc) is 2.64. The maximum atomic E-state index is 13.1. The number of anilines is 2. The fourth-order valence-corrected chi connectivity index (χ4v) is 5.03. The quantitative estimate of drug-likeness (QED) is 0.429. The summed E-state index contributed by atoms with van der Waals surface area (Å²) >= 11 is 7.26.